The van der Waals surface area contributed by atoms with E-state index in [4.69, 9.17) is 5.73 Å². The average molecular weight is 322 g/mol. The van der Waals surface area contributed by atoms with Gasteiger partial charge in [0.25, 0.3) is 0 Å². The molecule has 124 valence electrons. The second-order valence-electron chi connectivity index (χ2n) is 6.94. The van der Waals surface area contributed by atoms with Crippen molar-refractivity contribution in [2.75, 3.05) is 0 Å². The number of aromatic amines is 1. The number of aromatic nitrogens is 1. The molecule has 1 heterocycles. The number of halogens is 1. The smallest absolute Gasteiger partial charge is 0.123 e. The first-order valence-electron chi connectivity index (χ1n) is 8.85. The van der Waals surface area contributed by atoms with E-state index in [0.29, 0.717) is 5.92 Å². The zero-order valence-electron chi connectivity index (χ0n) is 13.8. The Bertz CT molecular complexity index is 829. The summed E-state index contributed by atoms with van der Waals surface area (Å²) in [6.07, 6.45) is 8.38. The SMILES string of the molecule is NC(c1ccc(-c2c[nH]c3ccc(F)cc23)cc1)C1CCCCC1. The first kappa shape index (κ1) is 15.4. The Balaban J connectivity index is 1.62. The van der Waals surface area contributed by atoms with Crippen LogP contribution in [0, 0.1) is 11.7 Å². The summed E-state index contributed by atoms with van der Waals surface area (Å²) in [6, 6.07) is 13.4. The van der Waals surface area contributed by atoms with Crippen LogP contribution in [0.1, 0.15) is 43.7 Å². The summed E-state index contributed by atoms with van der Waals surface area (Å²) >= 11 is 0. The summed E-state index contributed by atoms with van der Waals surface area (Å²) in [4.78, 5) is 3.21. The van der Waals surface area contributed by atoms with Gasteiger partial charge >= 0.3 is 0 Å². The minimum atomic E-state index is -0.209. The van der Waals surface area contributed by atoms with Crippen molar-refractivity contribution in [3.05, 3.63) is 60.0 Å². The van der Waals surface area contributed by atoms with Crippen LogP contribution in [0.15, 0.2) is 48.7 Å². The van der Waals surface area contributed by atoms with Crippen molar-refractivity contribution in [2.45, 2.75) is 38.1 Å². The third-order valence-electron chi connectivity index (χ3n) is 5.41. The first-order valence-corrected chi connectivity index (χ1v) is 8.85. The van der Waals surface area contributed by atoms with Gasteiger partial charge in [-0.3, -0.25) is 0 Å². The van der Waals surface area contributed by atoms with E-state index in [1.54, 1.807) is 12.1 Å². The van der Waals surface area contributed by atoms with Gasteiger partial charge < -0.3 is 10.7 Å². The molecule has 4 rings (SSSR count). The second kappa shape index (κ2) is 6.40. The molecule has 3 heteroatoms. The fraction of sp³-hybridized carbons (Fsp3) is 0.333. The van der Waals surface area contributed by atoms with Crippen LogP contribution in [0.3, 0.4) is 0 Å². The summed E-state index contributed by atoms with van der Waals surface area (Å²) in [7, 11) is 0. The fourth-order valence-electron chi connectivity index (χ4n) is 3.98. The lowest BCUT2D eigenvalue weighted by atomic mass is 9.81. The molecule has 24 heavy (non-hydrogen) atoms. The van der Waals surface area contributed by atoms with Crippen molar-refractivity contribution in [1.82, 2.24) is 4.98 Å². The largest absolute Gasteiger partial charge is 0.361 e. The molecule has 1 saturated carbocycles. The summed E-state index contributed by atoms with van der Waals surface area (Å²) < 4.78 is 13.6. The summed E-state index contributed by atoms with van der Waals surface area (Å²) in [6.45, 7) is 0. The van der Waals surface area contributed by atoms with Crippen LogP contribution in [0.5, 0.6) is 0 Å². The molecule has 0 saturated heterocycles. The van der Waals surface area contributed by atoms with Gasteiger partial charge in [0.2, 0.25) is 0 Å². The molecule has 2 aromatic carbocycles. The van der Waals surface area contributed by atoms with Gasteiger partial charge in [0.15, 0.2) is 0 Å². The molecular weight excluding hydrogens is 299 g/mol. The number of nitrogens with one attached hydrogen (secondary N) is 1. The fourth-order valence-corrected chi connectivity index (χ4v) is 3.98. The zero-order chi connectivity index (χ0) is 16.5. The van der Waals surface area contributed by atoms with Gasteiger partial charge in [-0.15, -0.1) is 0 Å². The number of hydrogen-bond acceptors (Lipinski definition) is 1. The van der Waals surface area contributed by atoms with Crippen molar-refractivity contribution < 1.29 is 4.39 Å². The van der Waals surface area contributed by atoms with E-state index in [-0.39, 0.29) is 11.9 Å². The van der Waals surface area contributed by atoms with E-state index in [2.05, 4.69) is 29.2 Å². The Hall–Kier alpha value is -2.13. The van der Waals surface area contributed by atoms with Crippen molar-refractivity contribution >= 4 is 10.9 Å². The average Bonchev–Trinajstić information content (AvgIpc) is 3.05. The maximum atomic E-state index is 13.6. The van der Waals surface area contributed by atoms with Gasteiger partial charge in [-0.05, 0) is 48.1 Å². The molecule has 0 radical (unpaired) electrons. The lowest BCUT2D eigenvalue weighted by Gasteiger charge is -2.27. The minimum absolute atomic E-state index is 0.125. The van der Waals surface area contributed by atoms with Crippen LogP contribution in [-0.4, -0.2) is 4.98 Å². The van der Waals surface area contributed by atoms with E-state index in [1.807, 2.05) is 6.20 Å². The molecule has 0 bridgehead atoms. The Labute approximate surface area is 141 Å². The molecule has 1 unspecified atom stereocenters. The molecule has 3 N–H and O–H groups in total. The molecule has 1 fully saturated rings. The number of benzene rings is 2. The van der Waals surface area contributed by atoms with E-state index in [9.17, 15) is 4.39 Å². The standard InChI is InChI=1S/C21H23FN2/c22-17-10-11-20-18(12-17)19(13-24-20)14-6-8-16(9-7-14)21(23)15-4-2-1-3-5-15/h6-13,15,21,24H,1-5,23H2. The highest BCUT2D eigenvalue weighted by atomic mass is 19.1. The summed E-state index contributed by atoms with van der Waals surface area (Å²) in [5.74, 6) is 0.395. The Morgan fingerprint density at radius 3 is 2.50 bits per heavy atom. The maximum absolute atomic E-state index is 13.6. The number of rotatable bonds is 3. The van der Waals surface area contributed by atoms with Crippen LogP contribution in [-0.2, 0) is 0 Å². The van der Waals surface area contributed by atoms with Gasteiger partial charge in [-0.2, -0.15) is 0 Å². The molecule has 1 aliphatic rings. The van der Waals surface area contributed by atoms with Crippen LogP contribution >= 0.6 is 0 Å². The van der Waals surface area contributed by atoms with E-state index < -0.39 is 0 Å². The van der Waals surface area contributed by atoms with Crippen molar-refractivity contribution in [3.63, 3.8) is 0 Å². The van der Waals surface area contributed by atoms with Crippen LogP contribution in [0.2, 0.25) is 0 Å². The van der Waals surface area contributed by atoms with Gasteiger partial charge in [0, 0.05) is 28.7 Å². The highest BCUT2D eigenvalue weighted by Gasteiger charge is 2.21. The third kappa shape index (κ3) is 2.84. The zero-order valence-corrected chi connectivity index (χ0v) is 13.8. The Kier molecular flexibility index (Phi) is 4.11. The molecule has 1 aromatic heterocycles. The van der Waals surface area contributed by atoms with E-state index in [0.717, 1.165) is 22.0 Å². The highest BCUT2D eigenvalue weighted by molar-refractivity contribution is 5.95. The normalized spacial score (nSPS) is 17.2. The third-order valence-corrected chi connectivity index (χ3v) is 5.41. The number of nitrogens with two attached hydrogens (primary N) is 1. The van der Waals surface area contributed by atoms with Crippen LogP contribution in [0.25, 0.3) is 22.0 Å². The predicted molar refractivity (Wildman–Crippen MR) is 97.2 cm³/mol. The van der Waals surface area contributed by atoms with Crippen molar-refractivity contribution in [3.8, 4) is 11.1 Å². The number of fused-ring (bicyclic) bond motifs is 1. The Morgan fingerprint density at radius 1 is 1.00 bits per heavy atom. The molecule has 0 aliphatic heterocycles. The number of hydrogen-bond donors (Lipinski definition) is 2. The van der Waals surface area contributed by atoms with Gasteiger partial charge in [0.05, 0.1) is 0 Å². The molecule has 0 spiro atoms. The number of H-pyrrole nitrogens is 1. The van der Waals surface area contributed by atoms with Gasteiger partial charge in [-0.1, -0.05) is 43.5 Å². The summed E-state index contributed by atoms with van der Waals surface area (Å²) in [5.41, 5.74) is 10.8. The first-order chi connectivity index (χ1) is 11.7. The lowest BCUT2D eigenvalue weighted by Crippen LogP contribution is -2.23. The van der Waals surface area contributed by atoms with Crippen molar-refractivity contribution in [2.24, 2.45) is 11.7 Å². The molecule has 2 nitrogen and oxygen atoms in total. The highest BCUT2D eigenvalue weighted by Crippen LogP contribution is 2.34. The summed E-state index contributed by atoms with van der Waals surface area (Å²) in [5, 5.41) is 0.916. The minimum Gasteiger partial charge on any atom is -0.361 e. The molecule has 0 amide bonds. The van der Waals surface area contributed by atoms with Crippen LogP contribution < -0.4 is 5.73 Å². The maximum Gasteiger partial charge on any atom is 0.123 e. The van der Waals surface area contributed by atoms with E-state index >= 15 is 0 Å². The molecule has 3 aromatic rings. The monoisotopic (exact) mass is 322 g/mol. The van der Waals surface area contributed by atoms with Crippen molar-refractivity contribution in [1.29, 1.82) is 0 Å². The molecular formula is C21H23FN2. The van der Waals surface area contributed by atoms with Crippen LogP contribution in [0.4, 0.5) is 4.39 Å². The predicted octanol–water partition coefficient (Wildman–Crippen LogP) is 5.55. The second-order valence-corrected chi connectivity index (χ2v) is 6.94. The van der Waals surface area contributed by atoms with Gasteiger partial charge in [-0.25, -0.2) is 4.39 Å². The molecule has 1 atom stereocenters. The van der Waals surface area contributed by atoms with Gasteiger partial charge in [0.1, 0.15) is 5.82 Å². The topological polar surface area (TPSA) is 41.8 Å². The Morgan fingerprint density at radius 2 is 1.75 bits per heavy atom. The molecule has 1 aliphatic carbocycles. The lowest BCUT2D eigenvalue weighted by molar-refractivity contribution is 0.308. The van der Waals surface area contributed by atoms with E-state index in [1.165, 1.54) is 43.7 Å². The quantitative estimate of drug-likeness (QED) is 0.652.